The summed E-state index contributed by atoms with van der Waals surface area (Å²) in [6.07, 6.45) is 1.70. The smallest absolute Gasteiger partial charge is 0.240 e. The van der Waals surface area contributed by atoms with E-state index in [1.807, 2.05) is 18.4 Å². The first-order valence-electron chi connectivity index (χ1n) is 8.20. The lowest BCUT2D eigenvalue weighted by Gasteiger charge is -2.30. The van der Waals surface area contributed by atoms with Crippen LogP contribution in [0.5, 0.6) is 0 Å². The summed E-state index contributed by atoms with van der Waals surface area (Å²) in [6.45, 7) is 3.00. The van der Waals surface area contributed by atoms with Gasteiger partial charge in [-0.2, -0.15) is 0 Å². The molecule has 0 saturated carbocycles. The molecule has 8 heteroatoms. The van der Waals surface area contributed by atoms with Crippen LogP contribution in [0.4, 0.5) is 0 Å². The zero-order valence-corrected chi connectivity index (χ0v) is 15.9. The van der Waals surface area contributed by atoms with Crippen LogP contribution >= 0.6 is 11.3 Å². The molecule has 2 heterocycles. The van der Waals surface area contributed by atoms with Crippen molar-refractivity contribution in [3.8, 4) is 0 Å². The summed E-state index contributed by atoms with van der Waals surface area (Å²) in [7, 11) is -2.08. The second-order valence-electron chi connectivity index (χ2n) is 5.93. The highest BCUT2D eigenvalue weighted by Gasteiger charge is 2.26. The molecule has 1 N–H and O–H groups in total. The third kappa shape index (κ3) is 3.75. The van der Waals surface area contributed by atoms with E-state index in [1.54, 1.807) is 28.4 Å². The highest BCUT2D eigenvalue weighted by molar-refractivity contribution is 7.89. The number of aryl methyl sites for hydroxylation is 1. The molecule has 0 fully saturated rings. The summed E-state index contributed by atoms with van der Waals surface area (Å²) < 4.78 is 26.7. The van der Waals surface area contributed by atoms with Crippen LogP contribution in [0.2, 0.25) is 0 Å². The molecule has 1 aliphatic heterocycles. The maximum absolute atomic E-state index is 12.6. The summed E-state index contributed by atoms with van der Waals surface area (Å²) in [6, 6.07) is 5.23. The lowest BCUT2D eigenvalue weighted by atomic mass is 9.99. The third-order valence-electron chi connectivity index (χ3n) is 4.37. The topological polar surface area (TPSA) is 79.4 Å². The van der Waals surface area contributed by atoms with E-state index in [9.17, 15) is 13.2 Å². The molecule has 25 heavy (non-hydrogen) atoms. The second-order valence-corrected chi connectivity index (χ2v) is 8.73. The standard InChI is InChI=1S/C17H21N3O3S2/c1-3-16-19-13(11-24-16)9-17(21)20-8-7-14-12(10-20)5-4-6-15(14)25(22,23)18-2/h4-6,11,18H,3,7-10H2,1-2H3. The van der Waals surface area contributed by atoms with Gasteiger partial charge in [-0.3, -0.25) is 4.79 Å². The summed E-state index contributed by atoms with van der Waals surface area (Å²) in [5.74, 6) is 0.0282. The minimum Gasteiger partial charge on any atom is -0.338 e. The van der Waals surface area contributed by atoms with Crippen molar-refractivity contribution in [1.82, 2.24) is 14.6 Å². The zero-order valence-electron chi connectivity index (χ0n) is 14.3. The Bertz CT molecular complexity index is 890. The van der Waals surface area contributed by atoms with Gasteiger partial charge in [0.1, 0.15) is 0 Å². The van der Waals surface area contributed by atoms with Gasteiger partial charge in [0.2, 0.25) is 15.9 Å². The molecule has 1 amide bonds. The number of carbonyl (C=O) groups excluding carboxylic acids is 1. The van der Waals surface area contributed by atoms with Gasteiger partial charge in [-0.05, 0) is 37.1 Å². The Kier molecular flexibility index (Phi) is 5.21. The van der Waals surface area contributed by atoms with Gasteiger partial charge < -0.3 is 4.90 Å². The van der Waals surface area contributed by atoms with Gasteiger partial charge >= 0.3 is 0 Å². The highest BCUT2D eigenvalue weighted by atomic mass is 32.2. The summed E-state index contributed by atoms with van der Waals surface area (Å²) in [5.41, 5.74) is 2.51. The summed E-state index contributed by atoms with van der Waals surface area (Å²) in [5, 5.41) is 2.97. The number of fused-ring (bicyclic) bond motifs is 1. The van der Waals surface area contributed by atoms with Crippen molar-refractivity contribution in [2.24, 2.45) is 0 Å². The van der Waals surface area contributed by atoms with Crippen molar-refractivity contribution in [3.05, 3.63) is 45.4 Å². The van der Waals surface area contributed by atoms with Gasteiger partial charge in [-0.15, -0.1) is 11.3 Å². The SMILES string of the molecule is CCc1nc(CC(=O)N2CCc3c(cccc3S(=O)(=O)NC)C2)cs1. The van der Waals surface area contributed by atoms with Crippen molar-refractivity contribution in [1.29, 1.82) is 0 Å². The molecule has 0 atom stereocenters. The molecular formula is C17H21N3O3S2. The minimum atomic E-state index is -3.49. The van der Waals surface area contributed by atoms with E-state index in [4.69, 9.17) is 0 Å². The van der Waals surface area contributed by atoms with Gasteiger partial charge in [0.15, 0.2) is 0 Å². The van der Waals surface area contributed by atoms with Gasteiger partial charge in [0.25, 0.3) is 0 Å². The van der Waals surface area contributed by atoms with Crippen LogP contribution in [-0.4, -0.2) is 37.8 Å². The Labute approximate surface area is 151 Å². The number of benzene rings is 1. The molecule has 0 bridgehead atoms. The molecule has 3 rings (SSSR count). The number of nitrogens with zero attached hydrogens (tertiary/aromatic N) is 2. The number of hydrogen-bond donors (Lipinski definition) is 1. The van der Waals surface area contributed by atoms with Crippen LogP contribution in [0.1, 0.15) is 28.8 Å². The van der Waals surface area contributed by atoms with Crippen LogP contribution in [0.15, 0.2) is 28.5 Å². The molecule has 134 valence electrons. The van der Waals surface area contributed by atoms with Gasteiger partial charge in [0.05, 0.1) is 22.0 Å². The number of thiazole rings is 1. The van der Waals surface area contributed by atoms with E-state index in [1.165, 1.54) is 7.05 Å². The molecule has 0 spiro atoms. The minimum absolute atomic E-state index is 0.0282. The Balaban J connectivity index is 1.77. The molecule has 2 aromatic rings. The molecule has 1 aromatic carbocycles. The van der Waals surface area contributed by atoms with Crippen molar-refractivity contribution in [2.75, 3.05) is 13.6 Å². The zero-order chi connectivity index (χ0) is 18.0. The van der Waals surface area contributed by atoms with Gasteiger partial charge in [-0.25, -0.2) is 18.1 Å². The van der Waals surface area contributed by atoms with Crippen LogP contribution in [-0.2, 0) is 40.6 Å². The fourth-order valence-electron chi connectivity index (χ4n) is 3.01. The molecule has 0 unspecified atom stereocenters. The number of sulfonamides is 1. The molecule has 0 saturated heterocycles. The first-order valence-corrected chi connectivity index (χ1v) is 10.6. The lowest BCUT2D eigenvalue weighted by molar-refractivity contribution is -0.131. The van der Waals surface area contributed by atoms with Crippen LogP contribution in [0.3, 0.4) is 0 Å². The number of rotatable bonds is 5. The van der Waals surface area contributed by atoms with E-state index in [0.29, 0.717) is 30.8 Å². The number of amides is 1. The van der Waals surface area contributed by atoms with Crippen molar-refractivity contribution in [2.45, 2.75) is 37.6 Å². The number of carbonyl (C=O) groups is 1. The molecular weight excluding hydrogens is 358 g/mol. The Hall–Kier alpha value is -1.77. The van der Waals surface area contributed by atoms with Gasteiger partial charge in [-0.1, -0.05) is 19.1 Å². The van der Waals surface area contributed by atoms with Crippen LogP contribution in [0.25, 0.3) is 0 Å². The lowest BCUT2D eigenvalue weighted by Crippen LogP contribution is -2.37. The molecule has 1 aliphatic rings. The van der Waals surface area contributed by atoms with Gasteiger partial charge in [0, 0.05) is 18.5 Å². The highest BCUT2D eigenvalue weighted by Crippen LogP contribution is 2.26. The molecule has 0 aliphatic carbocycles. The van der Waals surface area contributed by atoms with Crippen molar-refractivity contribution < 1.29 is 13.2 Å². The largest absolute Gasteiger partial charge is 0.338 e. The Morgan fingerprint density at radius 3 is 2.88 bits per heavy atom. The van der Waals surface area contributed by atoms with E-state index >= 15 is 0 Å². The first-order chi connectivity index (χ1) is 11.9. The van der Waals surface area contributed by atoms with E-state index in [-0.39, 0.29) is 5.91 Å². The maximum atomic E-state index is 12.6. The normalized spacial score (nSPS) is 14.4. The van der Waals surface area contributed by atoms with E-state index in [0.717, 1.165) is 28.2 Å². The molecule has 6 nitrogen and oxygen atoms in total. The number of hydrogen-bond acceptors (Lipinski definition) is 5. The number of aromatic nitrogens is 1. The monoisotopic (exact) mass is 379 g/mol. The Morgan fingerprint density at radius 2 is 2.20 bits per heavy atom. The van der Waals surface area contributed by atoms with Crippen molar-refractivity contribution >= 4 is 27.3 Å². The first kappa shape index (κ1) is 18.0. The summed E-state index contributed by atoms with van der Waals surface area (Å²) in [4.78, 5) is 19.1. The summed E-state index contributed by atoms with van der Waals surface area (Å²) >= 11 is 1.58. The predicted molar refractivity (Wildman–Crippen MR) is 97.0 cm³/mol. The second kappa shape index (κ2) is 7.23. The number of nitrogens with one attached hydrogen (secondary N) is 1. The fourth-order valence-corrected chi connectivity index (χ4v) is 4.79. The van der Waals surface area contributed by atoms with Crippen LogP contribution in [0, 0.1) is 0 Å². The van der Waals surface area contributed by atoms with Crippen molar-refractivity contribution in [3.63, 3.8) is 0 Å². The average molecular weight is 380 g/mol. The Morgan fingerprint density at radius 1 is 1.40 bits per heavy atom. The quantitative estimate of drug-likeness (QED) is 0.858. The van der Waals surface area contributed by atoms with E-state index in [2.05, 4.69) is 9.71 Å². The average Bonchev–Trinajstić information content (AvgIpc) is 3.08. The molecule has 1 aromatic heterocycles. The van der Waals surface area contributed by atoms with E-state index < -0.39 is 10.0 Å². The fraction of sp³-hybridized carbons (Fsp3) is 0.412. The molecule has 0 radical (unpaired) electrons. The third-order valence-corrected chi connectivity index (χ3v) is 6.91. The van der Waals surface area contributed by atoms with Crippen LogP contribution < -0.4 is 4.72 Å². The maximum Gasteiger partial charge on any atom is 0.240 e. The predicted octanol–water partition coefficient (Wildman–Crippen LogP) is 1.74.